The van der Waals surface area contributed by atoms with Gasteiger partial charge in [-0.3, -0.25) is 14.5 Å². The van der Waals surface area contributed by atoms with Crippen molar-refractivity contribution in [1.82, 2.24) is 10.3 Å². The Morgan fingerprint density at radius 2 is 2.17 bits per heavy atom. The van der Waals surface area contributed by atoms with Crippen molar-refractivity contribution in [3.05, 3.63) is 46.5 Å². The number of halogens is 2. The largest absolute Gasteiger partial charge is 0.382 e. The van der Waals surface area contributed by atoms with Crippen LogP contribution in [0.15, 0.2) is 29.2 Å². The maximum Gasteiger partial charge on any atom is 0.262 e. The topological polar surface area (TPSA) is 95.3 Å². The number of nitriles is 1. The van der Waals surface area contributed by atoms with Crippen molar-refractivity contribution in [2.24, 2.45) is 0 Å². The van der Waals surface area contributed by atoms with E-state index in [9.17, 15) is 23.6 Å². The van der Waals surface area contributed by atoms with Crippen molar-refractivity contribution in [2.45, 2.75) is 20.3 Å². The molecule has 0 unspecified atom stereocenters. The van der Waals surface area contributed by atoms with E-state index in [1.807, 2.05) is 13.0 Å². The molecule has 0 aliphatic carbocycles. The van der Waals surface area contributed by atoms with Gasteiger partial charge < -0.3 is 10.1 Å². The fraction of sp³-hybridized carbons (Fsp3) is 0.300. The number of hydrogen-bond donors (Lipinski definition) is 1. The van der Waals surface area contributed by atoms with Gasteiger partial charge in [0.25, 0.3) is 5.91 Å². The van der Waals surface area contributed by atoms with E-state index in [-0.39, 0.29) is 22.1 Å². The number of rotatable bonds is 9. The zero-order valence-electron chi connectivity index (χ0n) is 16.4. The maximum atomic E-state index is 14.1. The number of ether oxygens (including phenoxy) is 1. The van der Waals surface area contributed by atoms with Gasteiger partial charge in [0.05, 0.1) is 11.4 Å². The molecule has 2 rings (SSSR count). The summed E-state index contributed by atoms with van der Waals surface area (Å²) in [6.07, 6.45) is 1.88. The van der Waals surface area contributed by atoms with Crippen molar-refractivity contribution < 1.29 is 23.1 Å². The first-order chi connectivity index (χ1) is 14.4. The van der Waals surface area contributed by atoms with E-state index >= 15 is 0 Å². The van der Waals surface area contributed by atoms with Gasteiger partial charge in [-0.15, -0.1) is 11.3 Å². The first-order valence-corrected chi connectivity index (χ1v) is 9.94. The summed E-state index contributed by atoms with van der Waals surface area (Å²) >= 11 is 1.02. The summed E-state index contributed by atoms with van der Waals surface area (Å²) in [7, 11) is 0. The molecule has 0 aliphatic heterocycles. The Morgan fingerprint density at radius 3 is 2.80 bits per heavy atom. The van der Waals surface area contributed by atoms with Gasteiger partial charge in [0.1, 0.15) is 23.3 Å². The van der Waals surface area contributed by atoms with E-state index in [0.717, 1.165) is 28.4 Å². The smallest absolute Gasteiger partial charge is 0.262 e. The molecule has 0 spiro atoms. The van der Waals surface area contributed by atoms with E-state index in [1.165, 1.54) is 18.4 Å². The molecule has 0 saturated heterocycles. The Hall–Kier alpha value is -3.16. The van der Waals surface area contributed by atoms with Crippen LogP contribution in [-0.4, -0.2) is 36.6 Å². The molecule has 1 aromatic heterocycles. The van der Waals surface area contributed by atoms with Crippen LogP contribution < -0.4 is 10.2 Å². The second-order valence-electron chi connectivity index (χ2n) is 5.98. The quantitative estimate of drug-likeness (QED) is 0.370. The fourth-order valence-electron chi connectivity index (χ4n) is 2.43. The Bertz CT molecular complexity index is 985. The molecule has 0 saturated carbocycles. The SMILES string of the molecule is CCOCCCNC(=O)/C(C#N)=C/c1csc(N(C(C)=O)c2ccc(F)cc2F)n1. The molecule has 30 heavy (non-hydrogen) atoms. The lowest BCUT2D eigenvalue weighted by atomic mass is 10.2. The summed E-state index contributed by atoms with van der Waals surface area (Å²) in [5.74, 6) is -2.77. The average Bonchev–Trinajstić information content (AvgIpc) is 3.15. The van der Waals surface area contributed by atoms with Gasteiger partial charge in [0.15, 0.2) is 5.13 Å². The molecule has 0 radical (unpaired) electrons. The van der Waals surface area contributed by atoms with Crippen molar-refractivity contribution in [3.63, 3.8) is 0 Å². The summed E-state index contributed by atoms with van der Waals surface area (Å²) in [6.45, 7) is 4.52. The number of carbonyl (C=O) groups is 2. The van der Waals surface area contributed by atoms with Crippen LogP contribution in [0.25, 0.3) is 6.08 Å². The molecule has 1 aromatic carbocycles. The van der Waals surface area contributed by atoms with Crippen molar-refractivity contribution in [1.29, 1.82) is 5.26 Å². The lowest BCUT2D eigenvalue weighted by molar-refractivity contribution is -0.117. The average molecular weight is 434 g/mol. The minimum atomic E-state index is -0.915. The lowest BCUT2D eigenvalue weighted by Gasteiger charge is -2.18. The third kappa shape index (κ3) is 6.17. The minimum absolute atomic E-state index is 0.119. The van der Waals surface area contributed by atoms with Crippen LogP contribution in [0.3, 0.4) is 0 Å². The van der Waals surface area contributed by atoms with Gasteiger partial charge in [0.2, 0.25) is 5.91 Å². The fourth-order valence-corrected chi connectivity index (χ4v) is 3.26. The highest BCUT2D eigenvalue weighted by Gasteiger charge is 2.21. The molecular weight excluding hydrogens is 414 g/mol. The number of nitrogens with zero attached hydrogens (tertiary/aromatic N) is 3. The highest BCUT2D eigenvalue weighted by Crippen LogP contribution is 2.31. The van der Waals surface area contributed by atoms with E-state index in [1.54, 1.807) is 0 Å². The monoisotopic (exact) mass is 434 g/mol. The maximum absolute atomic E-state index is 14.1. The van der Waals surface area contributed by atoms with Gasteiger partial charge in [-0.05, 0) is 31.6 Å². The molecule has 0 fully saturated rings. The van der Waals surface area contributed by atoms with E-state index in [0.29, 0.717) is 32.2 Å². The Labute approximate surface area is 176 Å². The summed E-state index contributed by atoms with van der Waals surface area (Å²) in [6, 6.07) is 4.65. The van der Waals surface area contributed by atoms with Gasteiger partial charge in [0, 0.05) is 38.1 Å². The van der Waals surface area contributed by atoms with Crippen LogP contribution in [0.1, 0.15) is 26.0 Å². The molecule has 1 N–H and O–H groups in total. The molecule has 2 aromatic rings. The molecule has 0 atom stereocenters. The Balaban J connectivity index is 2.19. The summed E-state index contributed by atoms with van der Waals surface area (Å²) < 4.78 is 32.5. The van der Waals surface area contributed by atoms with Crippen molar-refractivity contribution in [2.75, 3.05) is 24.7 Å². The van der Waals surface area contributed by atoms with Crippen LogP contribution in [-0.2, 0) is 14.3 Å². The zero-order valence-corrected chi connectivity index (χ0v) is 17.3. The second kappa shape index (κ2) is 11.1. The van der Waals surface area contributed by atoms with E-state index in [2.05, 4.69) is 10.3 Å². The summed E-state index contributed by atoms with van der Waals surface area (Å²) in [5.41, 5.74) is -0.0586. The summed E-state index contributed by atoms with van der Waals surface area (Å²) in [4.78, 5) is 29.4. The van der Waals surface area contributed by atoms with Crippen molar-refractivity contribution in [3.8, 4) is 6.07 Å². The predicted octanol–water partition coefficient (Wildman–Crippen LogP) is 3.56. The summed E-state index contributed by atoms with van der Waals surface area (Å²) in [5, 5.41) is 13.5. The molecule has 10 heteroatoms. The normalized spacial score (nSPS) is 11.1. The number of nitrogens with one attached hydrogen (secondary N) is 1. The predicted molar refractivity (Wildman–Crippen MR) is 109 cm³/mol. The third-order valence-corrected chi connectivity index (χ3v) is 4.62. The highest BCUT2D eigenvalue weighted by molar-refractivity contribution is 7.14. The van der Waals surface area contributed by atoms with Crippen LogP contribution in [0, 0.1) is 23.0 Å². The molecule has 7 nitrogen and oxygen atoms in total. The first-order valence-electron chi connectivity index (χ1n) is 9.06. The van der Waals surface area contributed by atoms with Crippen LogP contribution in [0.5, 0.6) is 0 Å². The molecule has 0 aliphatic rings. The number of aromatic nitrogens is 1. The number of thiazole rings is 1. The minimum Gasteiger partial charge on any atom is -0.382 e. The van der Waals surface area contributed by atoms with E-state index < -0.39 is 23.4 Å². The molecule has 158 valence electrons. The molecular formula is C20H20F2N4O3S. The molecule has 2 amide bonds. The zero-order chi connectivity index (χ0) is 22.1. The van der Waals surface area contributed by atoms with Gasteiger partial charge in [-0.25, -0.2) is 13.8 Å². The van der Waals surface area contributed by atoms with Gasteiger partial charge in [-0.1, -0.05) is 0 Å². The Morgan fingerprint density at radius 1 is 1.40 bits per heavy atom. The molecule has 1 heterocycles. The second-order valence-corrected chi connectivity index (χ2v) is 6.82. The number of amides is 2. The Kier molecular flexibility index (Phi) is 8.58. The number of anilines is 2. The molecule has 0 bridgehead atoms. The van der Waals surface area contributed by atoms with Crippen LogP contribution in [0.2, 0.25) is 0 Å². The number of carbonyl (C=O) groups excluding carboxylic acids is 2. The van der Waals surface area contributed by atoms with Crippen molar-refractivity contribution >= 4 is 40.0 Å². The standard InChI is InChI=1S/C20H20F2N4O3S/c1-3-29-8-4-7-24-19(28)14(11-23)9-16-12-30-20(25-16)26(13(2)27)18-6-5-15(21)10-17(18)22/h5-6,9-10,12H,3-4,7-8H2,1-2H3,(H,24,28)/b14-9+. The lowest BCUT2D eigenvalue weighted by Crippen LogP contribution is -2.26. The highest BCUT2D eigenvalue weighted by atomic mass is 32.1. The number of hydrogen-bond acceptors (Lipinski definition) is 6. The first kappa shape index (κ1) is 23.1. The van der Waals surface area contributed by atoms with Gasteiger partial charge in [-0.2, -0.15) is 5.26 Å². The van der Waals surface area contributed by atoms with E-state index in [4.69, 9.17) is 4.74 Å². The third-order valence-electron chi connectivity index (χ3n) is 3.78. The van der Waals surface area contributed by atoms with Crippen LogP contribution in [0.4, 0.5) is 19.6 Å². The van der Waals surface area contributed by atoms with Gasteiger partial charge >= 0.3 is 0 Å². The number of benzene rings is 1. The van der Waals surface area contributed by atoms with Crippen LogP contribution >= 0.6 is 11.3 Å².